The largest absolute Gasteiger partial charge is 0.490 e. The van der Waals surface area contributed by atoms with E-state index in [1.165, 1.54) is 0 Å². The van der Waals surface area contributed by atoms with Crippen molar-refractivity contribution in [3.05, 3.63) is 42.5 Å². The Kier molecular flexibility index (Phi) is 6.15. The maximum atomic E-state index is 11.7. The van der Waals surface area contributed by atoms with Crippen molar-refractivity contribution >= 4 is 11.9 Å². The molecule has 1 rings (SSSR count). The molecule has 102 valence electrons. The highest BCUT2D eigenvalue weighted by Crippen LogP contribution is 2.12. The summed E-state index contributed by atoms with van der Waals surface area (Å²) in [7, 11) is 0. The molecule has 0 radical (unpaired) electrons. The number of carbonyl (C=O) groups is 2. The van der Waals surface area contributed by atoms with Crippen LogP contribution in [0.25, 0.3) is 0 Å². The van der Waals surface area contributed by atoms with Crippen LogP contribution in [0.4, 0.5) is 0 Å². The third-order valence-corrected chi connectivity index (χ3v) is 2.34. The molecule has 0 atom stereocenters. The SMILES string of the molecule is C=CCOc1ccc(C(=O)NCCCC(=O)O)cc1. The minimum Gasteiger partial charge on any atom is -0.490 e. The van der Waals surface area contributed by atoms with Crippen LogP contribution in [0.5, 0.6) is 5.75 Å². The monoisotopic (exact) mass is 263 g/mol. The molecule has 0 aromatic heterocycles. The second-order valence-corrected chi connectivity index (χ2v) is 3.88. The van der Waals surface area contributed by atoms with Crippen LogP contribution in [-0.2, 0) is 4.79 Å². The van der Waals surface area contributed by atoms with Crippen LogP contribution in [0.3, 0.4) is 0 Å². The van der Waals surface area contributed by atoms with E-state index in [-0.39, 0.29) is 12.3 Å². The van der Waals surface area contributed by atoms with Gasteiger partial charge in [-0.2, -0.15) is 0 Å². The predicted octanol–water partition coefficient (Wildman–Crippen LogP) is 1.85. The van der Waals surface area contributed by atoms with Crippen LogP contribution >= 0.6 is 0 Å². The topological polar surface area (TPSA) is 75.6 Å². The van der Waals surface area contributed by atoms with Crippen LogP contribution in [-0.4, -0.2) is 30.1 Å². The first-order valence-electron chi connectivity index (χ1n) is 5.97. The van der Waals surface area contributed by atoms with Gasteiger partial charge in [-0.3, -0.25) is 9.59 Å². The average Bonchev–Trinajstić information content (AvgIpc) is 2.41. The summed E-state index contributed by atoms with van der Waals surface area (Å²) in [5.41, 5.74) is 0.515. The molecule has 0 aliphatic rings. The van der Waals surface area contributed by atoms with E-state index in [1.54, 1.807) is 30.3 Å². The fourth-order valence-electron chi connectivity index (χ4n) is 1.40. The van der Waals surface area contributed by atoms with Gasteiger partial charge < -0.3 is 15.2 Å². The lowest BCUT2D eigenvalue weighted by molar-refractivity contribution is -0.137. The molecule has 1 aromatic carbocycles. The molecule has 1 aromatic rings. The second-order valence-electron chi connectivity index (χ2n) is 3.88. The van der Waals surface area contributed by atoms with Crippen molar-refractivity contribution in [2.75, 3.05) is 13.2 Å². The lowest BCUT2D eigenvalue weighted by atomic mass is 10.2. The summed E-state index contributed by atoms with van der Waals surface area (Å²) in [5.74, 6) is -0.416. The van der Waals surface area contributed by atoms with Crippen LogP contribution in [0, 0.1) is 0 Å². The number of benzene rings is 1. The molecule has 0 aliphatic carbocycles. The Morgan fingerprint density at radius 2 is 2.00 bits per heavy atom. The normalized spacial score (nSPS) is 9.68. The standard InChI is InChI=1S/C14H17NO4/c1-2-10-19-12-7-5-11(6-8-12)14(18)15-9-3-4-13(16)17/h2,5-8H,1,3-4,9-10H2,(H,15,18)(H,16,17). The highest BCUT2D eigenvalue weighted by Gasteiger charge is 2.05. The van der Waals surface area contributed by atoms with Gasteiger partial charge in [0.1, 0.15) is 12.4 Å². The Bertz CT molecular complexity index is 439. The number of carboxylic acid groups (broad SMARTS) is 1. The van der Waals surface area contributed by atoms with Crippen LogP contribution in [0.2, 0.25) is 0 Å². The van der Waals surface area contributed by atoms with Crippen molar-refractivity contribution in [3.63, 3.8) is 0 Å². The number of nitrogens with one attached hydrogen (secondary N) is 1. The summed E-state index contributed by atoms with van der Waals surface area (Å²) in [6, 6.07) is 6.72. The van der Waals surface area contributed by atoms with Gasteiger partial charge in [-0.25, -0.2) is 0 Å². The molecule has 0 aliphatic heterocycles. The fourth-order valence-corrected chi connectivity index (χ4v) is 1.40. The van der Waals surface area contributed by atoms with Crippen LogP contribution in [0.15, 0.2) is 36.9 Å². The number of amides is 1. The molecular weight excluding hydrogens is 246 g/mol. The minimum absolute atomic E-state index is 0.0502. The molecule has 0 fully saturated rings. The summed E-state index contributed by atoms with van der Waals surface area (Å²) < 4.78 is 5.30. The molecule has 0 bridgehead atoms. The van der Waals surface area contributed by atoms with Gasteiger partial charge in [-0.15, -0.1) is 0 Å². The number of hydrogen-bond donors (Lipinski definition) is 2. The molecule has 0 spiro atoms. The Hall–Kier alpha value is -2.30. The first-order chi connectivity index (χ1) is 9.13. The molecular formula is C14H17NO4. The molecule has 19 heavy (non-hydrogen) atoms. The first kappa shape index (κ1) is 14.8. The van der Waals surface area contributed by atoms with Gasteiger partial charge >= 0.3 is 5.97 Å². The maximum absolute atomic E-state index is 11.7. The lowest BCUT2D eigenvalue weighted by Crippen LogP contribution is -2.24. The van der Waals surface area contributed by atoms with Gasteiger partial charge in [0.15, 0.2) is 0 Å². The van der Waals surface area contributed by atoms with Gasteiger partial charge in [0.2, 0.25) is 0 Å². The third kappa shape index (κ3) is 5.72. The Morgan fingerprint density at radius 1 is 1.32 bits per heavy atom. The van der Waals surface area contributed by atoms with Crippen molar-refractivity contribution in [2.45, 2.75) is 12.8 Å². The molecule has 0 heterocycles. The van der Waals surface area contributed by atoms with Crippen LogP contribution < -0.4 is 10.1 Å². The zero-order chi connectivity index (χ0) is 14.1. The molecule has 2 N–H and O–H groups in total. The van der Waals surface area contributed by atoms with Gasteiger partial charge in [0.25, 0.3) is 5.91 Å². The van der Waals surface area contributed by atoms with E-state index >= 15 is 0 Å². The number of rotatable bonds is 8. The summed E-state index contributed by atoms with van der Waals surface area (Å²) in [5, 5.41) is 11.1. The molecule has 5 nitrogen and oxygen atoms in total. The molecule has 0 unspecified atom stereocenters. The van der Waals surface area contributed by atoms with E-state index in [4.69, 9.17) is 9.84 Å². The van der Waals surface area contributed by atoms with Crippen molar-refractivity contribution in [2.24, 2.45) is 0 Å². The van der Waals surface area contributed by atoms with E-state index < -0.39 is 5.97 Å². The zero-order valence-electron chi connectivity index (χ0n) is 10.6. The minimum atomic E-state index is -0.863. The van der Waals surface area contributed by atoms with Gasteiger partial charge in [-0.1, -0.05) is 12.7 Å². The lowest BCUT2D eigenvalue weighted by Gasteiger charge is -2.06. The summed E-state index contributed by atoms with van der Waals surface area (Å²) >= 11 is 0. The van der Waals surface area contributed by atoms with E-state index in [1.807, 2.05) is 0 Å². The molecule has 1 amide bonds. The maximum Gasteiger partial charge on any atom is 0.303 e. The Balaban J connectivity index is 2.39. The van der Waals surface area contributed by atoms with E-state index in [0.29, 0.717) is 30.9 Å². The van der Waals surface area contributed by atoms with Gasteiger partial charge in [0, 0.05) is 18.5 Å². The van der Waals surface area contributed by atoms with Crippen molar-refractivity contribution in [1.29, 1.82) is 0 Å². The second kappa shape index (κ2) is 7.92. The number of carboxylic acids is 1. The smallest absolute Gasteiger partial charge is 0.303 e. The van der Waals surface area contributed by atoms with Gasteiger partial charge in [-0.05, 0) is 30.7 Å². The zero-order valence-corrected chi connectivity index (χ0v) is 10.6. The molecule has 5 heteroatoms. The fraction of sp³-hybridized carbons (Fsp3) is 0.286. The third-order valence-electron chi connectivity index (χ3n) is 2.34. The highest BCUT2D eigenvalue weighted by atomic mass is 16.5. The average molecular weight is 263 g/mol. The van der Waals surface area contributed by atoms with Crippen molar-refractivity contribution < 1.29 is 19.4 Å². The van der Waals surface area contributed by atoms with Gasteiger partial charge in [0.05, 0.1) is 0 Å². The van der Waals surface area contributed by atoms with Crippen LogP contribution in [0.1, 0.15) is 23.2 Å². The molecule has 0 saturated heterocycles. The quantitative estimate of drug-likeness (QED) is 0.554. The number of aliphatic carboxylic acids is 1. The Morgan fingerprint density at radius 3 is 2.58 bits per heavy atom. The summed E-state index contributed by atoms with van der Waals surface area (Å²) in [4.78, 5) is 22.0. The van der Waals surface area contributed by atoms with Crippen molar-refractivity contribution in [1.82, 2.24) is 5.32 Å². The number of carbonyl (C=O) groups excluding carboxylic acids is 1. The number of ether oxygens (including phenoxy) is 1. The summed E-state index contributed by atoms with van der Waals surface area (Å²) in [6.45, 7) is 4.31. The predicted molar refractivity (Wildman–Crippen MR) is 71.3 cm³/mol. The summed E-state index contributed by atoms with van der Waals surface area (Å²) in [6.07, 6.45) is 2.11. The molecule has 0 saturated carbocycles. The van der Waals surface area contributed by atoms with E-state index in [9.17, 15) is 9.59 Å². The van der Waals surface area contributed by atoms with Crippen molar-refractivity contribution in [3.8, 4) is 5.75 Å². The first-order valence-corrected chi connectivity index (χ1v) is 5.97. The highest BCUT2D eigenvalue weighted by molar-refractivity contribution is 5.94. The number of hydrogen-bond acceptors (Lipinski definition) is 3. The Labute approximate surface area is 111 Å². The van der Waals surface area contributed by atoms with E-state index in [0.717, 1.165) is 0 Å². The van der Waals surface area contributed by atoms with E-state index in [2.05, 4.69) is 11.9 Å².